The molecule has 29 heavy (non-hydrogen) atoms. The summed E-state index contributed by atoms with van der Waals surface area (Å²) < 4.78 is 8.17. The number of ether oxygens (including phenoxy) is 1. The van der Waals surface area contributed by atoms with Gasteiger partial charge in [-0.3, -0.25) is 0 Å². The van der Waals surface area contributed by atoms with Gasteiger partial charge in [-0.2, -0.15) is 0 Å². The minimum Gasteiger partial charge on any atom is -0.489 e. The summed E-state index contributed by atoms with van der Waals surface area (Å²) in [6, 6.07) is 12.2. The zero-order chi connectivity index (χ0) is 19.5. The van der Waals surface area contributed by atoms with E-state index in [0.29, 0.717) is 16.6 Å². The van der Waals surface area contributed by atoms with Gasteiger partial charge in [0.05, 0.1) is 6.61 Å². The molecule has 3 saturated carbocycles. The molecular formula is C23H23N5O. The fourth-order valence-electron chi connectivity index (χ4n) is 5.50. The summed E-state index contributed by atoms with van der Waals surface area (Å²) in [6.07, 6.45) is 11.2. The maximum Gasteiger partial charge on any atom is 0.179 e. The van der Waals surface area contributed by atoms with Crippen molar-refractivity contribution in [3.63, 3.8) is 0 Å². The molecule has 3 N–H and O–H groups in total. The Morgan fingerprint density at radius 3 is 2.76 bits per heavy atom. The van der Waals surface area contributed by atoms with Gasteiger partial charge in [-0.25, -0.2) is 9.97 Å². The molecule has 0 radical (unpaired) electrons. The second-order valence-corrected chi connectivity index (χ2v) is 8.80. The summed E-state index contributed by atoms with van der Waals surface area (Å²) in [7, 11) is 0. The summed E-state index contributed by atoms with van der Waals surface area (Å²) in [5, 5.41) is 5.81. The monoisotopic (exact) mass is 385 g/mol. The average molecular weight is 385 g/mol. The number of nitrogens with two attached hydrogens (primary N) is 1. The number of imidazole rings is 1. The molecular weight excluding hydrogens is 362 g/mol. The molecule has 2 bridgehead atoms. The maximum atomic E-state index is 6.18. The third-order valence-corrected chi connectivity index (χ3v) is 6.66. The Bertz CT molecular complexity index is 1210. The molecule has 3 aliphatic carbocycles. The quantitative estimate of drug-likeness (QED) is 0.522. The number of pyridine rings is 2. The van der Waals surface area contributed by atoms with Crippen LogP contribution in [0.15, 0.2) is 61.2 Å². The van der Waals surface area contributed by atoms with Crippen molar-refractivity contribution in [2.75, 3.05) is 24.2 Å². The number of aromatic nitrogens is 3. The van der Waals surface area contributed by atoms with Crippen molar-refractivity contribution >= 4 is 27.9 Å². The van der Waals surface area contributed by atoms with E-state index in [-0.39, 0.29) is 0 Å². The van der Waals surface area contributed by atoms with Crippen molar-refractivity contribution in [1.82, 2.24) is 14.4 Å². The van der Waals surface area contributed by atoms with E-state index in [2.05, 4.69) is 21.4 Å². The fourth-order valence-corrected chi connectivity index (χ4v) is 5.50. The zero-order valence-corrected chi connectivity index (χ0v) is 16.1. The Balaban J connectivity index is 1.09. The van der Waals surface area contributed by atoms with Crippen LogP contribution >= 0.6 is 0 Å². The highest BCUT2D eigenvalue weighted by atomic mass is 16.5. The zero-order valence-electron chi connectivity index (χ0n) is 16.1. The third kappa shape index (κ3) is 2.55. The average Bonchev–Trinajstić information content (AvgIpc) is 3.16. The predicted molar refractivity (Wildman–Crippen MR) is 114 cm³/mol. The first-order chi connectivity index (χ1) is 14.2. The molecule has 4 aromatic rings. The fraction of sp³-hybridized carbons (Fsp3) is 0.304. The predicted octanol–water partition coefficient (Wildman–Crippen LogP) is 4.13. The van der Waals surface area contributed by atoms with Crippen molar-refractivity contribution in [3.05, 3.63) is 61.2 Å². The van der Waals surface area contributed by atoms with Gasteiger partial charge in [0.2, 0.25) is 0 Å². The lowest BCUT2D eigenvalue weighted by Crippen LogP contribution is -2.66. The molecule has 0 atom stereocenters. The smallest absolute Gasteiger partial charge is 0.179 e. The highest BCUT2D eigenvalue weighted by Crippen LogP contribution is 2.73. The first-order valence-corrected chi connectivity index (χ1v) is 10.1. The summed E-state index contributed by atoms with van der Waals surface area (Å²) in [5.74, 6) is 1.46. The van der Waals surface area contributed by atoms with E-state index in [4.69, 9.17) is 10.5 Å². The van der Waals surface area contributed by atoms with E-state index in [1.807, 2.05) is 47.1 Å². The van der Waals surface area contributed by atoms with Crippen LogP contribution in [0.2, 0.25) is 0 Å². The van der Waals surface area contributed by atoms with Crippen molar-refractivity contribution in [1.29, 1.82) is 0 Å². The van der Waals surface area contributed by atoms with Crippen LogP contribution in [0.25, 0.3) is 16.4 Å². The van der Waals surface area contributed by atoms with Crippen LogP contribution in [0.1, 0.15) is 19.3 Å². The molecule has 3 fully saturated rings. The molecule has 1 aromatic carbocycles. The lowest BCUT2D eigenvalue weighted by Gasteiger charge is -2.70. The Kier molecular flexibility index (Phi) is 3.37. The first kappa shape index (κ1) is 16.7. The normalized spacial score (nSPS) is 24.8. The lowest BCUT2D eigenvalue weighted by molar-refractivity contribution is -0.209. The van der Waals surface area contributed by atoms with E-state index in [0.717, 1.165) is 41.0 Å². The number of hydrogen-bond acceptors (Lipinski definition) is 5. The molecule has 6 heteroatoms. The van der Waals surface area contributed by atoms with E-state index >= 15 is 0 Å². The van der Waals surface area contributed by atoms with Crippen LogP contribution in [0, 0.1) is 10.8 Å². The largest absolute Gasteiger partial charge is 0.489 e. The van der Waals surface area contributed by atoms with Crippen molar-refractivity contribution < 1.29 is 4.74 Å². The summed E-state index contributed by atoms with van der Waals surface area (Å²) >= 11 is 0. The lowest BCUT2D eigenvalue weighted by atomic mass is 9.35. The molecule has 0 aliphatic heterocycles. The number of nitrogens with zero attached hydrogens (tertiary/aromatic N) is 3. The van der Waals surface area contributed by atoms with Gasteiger partial charge >= 0.3 is 0 Å². The van der Waals surface area contributed by atoms with Crippen LogP contribution in [-0.2, 0) is 0 Å². The summed E-state index contributed by atoms with van der Waals surface area (Å²) in [6.45, 7) is 1.77. The van der Waals surface area contributed by atoms with Gasteiger partial charge in [0, 0.05) is 53.2 Å². The van der Waals surface area contributed by atoms with Gasteiger partial charge in [0.25, 0.3) is 0 Å². The Hall–Kier alpha value is -3.28. The van der Waals surface area contributed by atoms with Crippen molar-refractivity contribution in [2.45, 2.75) is 19.3 Å². The Morgan fingerprint density at radius 2 is 1.86 bits per heavy atom. The van der Waals surface area contributed by atoms with E-state index in [9.17, 15) is 0 Å². The van der Waals surface area contributed by atoms with E-state index < -0.39 is 0 Å². The third-order valence-electron chi connectivity index (χ3n) is 6.66. The number of nitrogens with one attached hydrogen (secondary N) is 1. The molecule has 0 amide bonds. The van der Waals surface area contributed by atoms with Crippen LogP contribution in [0.4, 0.5) is 11.5 Å². The molecule has 0 unspecified atom stereocenters. The summed E-state index contributed by atoms with van der Waals surface area (Å²) in [4.78, 5) is 8.59. The number of anilines is 2. The highest BCUT2D eigenvalue weighted by molar-refractivity contribution is 5.99. The standard InChI is InChI=1S/C23H23N5O/c24-20-17-3-1-4-18(16(17)6-7-25-20)27-14-22-11-23(12-22,13-22)15-29-19-5-2-9-28-10-8-26-21(19)28/h1-10,27H,11-15H2,(H2,24,25). The topological polar surface area (TPSA) is 77.5 Å². The minimum atomic E-state index is 0.341. The number of rotatable bonds is 6. The first-order valence-electron chi connectivity index (χ1n) is 10.1. The van der Waals surface area contributed by atoms with Gasteiger partial charge in [-0.1, -0.05) is 12.1 Å². The van der Waals surface area contributed by atoms with Gasteiger partial charge in [0.15, 0.2) is 11.4 Å². The van der Waals surface area contributed by atoms with Crippen LogP contribution < -0.4 is 15.8 Å². The highest BCUT2D eigenvalue weighted by Gasteiger charge is 2.67. The van der Waals surface area contributed by atoms with Crippen LogP contribution in [0.3, 0.4) is 0 Å². The second-order valence-electron chi connectivity index (χ2n) is 8.80. The summed E-state index contributed by atoms with van der Waals surface area (Å²) in [5.41, 5.74) is 8.79. The van der Waals surface area contributed by atoms with Crippen molar-refractivity contribution in [2.24, 2.45) is 10.8 Å². The van der Waals surface area contributed by atoms with Gasteiger partial charge in [-0.15, -0.1) is 0 Å². The molecule has 3 aromatic heterocycles. The van der Waals surface area contributed by atoms with E-state index in [1.165, 1.54) is 19.3 Å². The Morgan fingerprint density at radius 1 is 0.966 bits per heavy atom. The maximum absolute atomic E-state index is 6.18. The van der Waals surface area contributed by atoms with Gasteiger partial charge < -0.3 is 20.2 Å². The Labute approximate surface area is 168 Å². The number of fused-ring (bicyclic) bond motifs is 2. The molecule has 7 rings (SSSR count). The van der Waals surface area contributed by atoms with Crippen LogP contribution in [-0.4, -0.2) is 27.5 Å². The van der Waals surface area contributed by atoms with Gasteiger partial charge in [0.1, 0.15) is 5.82 Å². The molecule has 3 heterocycles. The second kappa shape index (κ2) is 5.86. The number of nitrogen functional groups attached to an aromatic ring is 1. The molecule has 3 aliphatic rings. The molecule has 146 valence electrons. The number of hydrogen-bond donors (Lipinski definition) is 2. The minimum absolute atomic E-state index is 0.341. The molecule has 0 spiro atoms. The van der Waals surface area contributed by atoms with Crippen molar-refractivity contribution in [3.8, 4) is 5.75 Å². The van der Waals surface area contributed by atoms with E-state index in [1.54, 1.807) is 12.4 Å². The number of benzene rings is 1. The molecule has 6 nitrogen and oxygen atoms in total. The van der Waals surface area contributed by atoms with Gasteiger partial charge in [-0.05, 0) is 48.9 Å². The molecule has 0 saturated heterocycles. The van der Waals surface area contributed by atoms with Crippen LogP contribution in [0.5, 0.6) is 5.75 Å². The SMILES string of the molecule is Nc1nccc2c(NCC34CC(COc5cccn6ccnc56)(C3)C4)cccc12.